The molecule has 3 aromatic carbocycles. The van der Waals surface area contributed by atoms with Crippen LogP contribution < -0.4 is 11.4 Å². The third-order valence-electron chi connectivity index (χ3n) is 5.46. The van der Waals surface area contributed by atoms with Gasteiger partial charge in [-0.3, -0.25) is 0 Å². The van der Waals surface area contributed by atoms with Crippen molar-refractivity contribution in [2.75, 3.05) is 0 Å². The van der Waals surface area contributed by atoms with Crippen molar-refractivity contribution in [1.82, 2.24) is 13.9 Å². The molecule has 0 amide bonds. The molecule has 0 fully saturated rings. The Bertz CT molecular complexity index is 1300. The van der Waals surface area contributed by atoms with Crippen molar-refractivity contribution < 1.29 is 17.1 Å². The molecule has 2 heterocycles. The fourth-order valence-corrected chi connectivity index (χ4v) is 4.15. The Labute approximate surface area is 197 Å². The van der Waals surface area contributed by atoms with Crippen molar-refractivity contribution in [3.8, 4) is 5.69 Å². The van der Waals surface area contributed by atoms with Gasteiger partial charge in [-0.15, -0.1) is 0 Å². The summed E-state index contributed by atoms with van der Waals surface area (Å²) >= 11 is 0. The van der Waals surface area contributed by atoms with E-state index >= 15 is 0 Å². The Balaban J connectivity index is 0.000000427. The zero-order valence-corrected chi connectivity index (χ0v) is 19.2. The van der Waals surface area contributed by atoms with Crippen LogP contribution >= 0.6 is 0 Å². The van der Waals surface area contributed by atoms with E-state index in [4.69, 9.17) is 0 Å². The van der Waals surface area contributed by atoms with Gasteiger partial charge in [0.05, 0.1) is 18.3 Å². The van der Waals surface area contributed by atoms with E-state index in [0.717, 1.165) is 22.3 Å². The van der Waals surface area contributed by atoms with Crippen molar-refractivity contribution in [3.05, 3.63) is 135 Å². The summed E-state index contributed by atoms with van der Waals surface area (Å²) in [7, 11) is 0. The molecule has 1 atom stereocenters. The third-order valence-corrected chi connectivity index (χ3v) is 5.46. The zero-order valence-electron chi connectivity index (χ0n) is 18.1. The molecular formula is C26H25FeN3O2. The van der Waals surface area contributed by atoms with E-state index in [2.05, 4.69) is 6.58 Å². The van der Waals surface area contributed by atoms with Crippen LogP contribution in [-0.2, 0) is 23.6 Å². The van der Waals surface area contributed by atoms with Gasteiger partial charge in [-0.2, -0.15) is 42.0 Å². The number of hydrogen-bond donors (Lipinski definition) is 0. The maximum absolute atomic E-state index is 13.3. The molecule has 5 nitrogen and oxygen atoms in total. The number of rotatable bonds is 3. The summed E-state index contributed by atoms with van der Waals surface area (Å²) in [6.45, 7) is 8.44. The molecule has 0 saturated carbocycles. The van der Waals surface area contributed by atoms with Crippen LogP contribution in [-0.4, -0.2) is 13.9 Å². The monoisotopic (exact) mass is 467 g/mol. The maximum Gasteiger partial charge on any atom is 2.00 e. The number of fused-ring (bicyclic) bond motifs is 1. The molecule has 0 radical (unpaired) electrons. The van der Waals surface area contributed by atoms with E-state index in [9.17, 15) is 9.59 Å². The molecule has 0 aliphatic carbocycles. The molecule has 0 bridgehead atoms. The second-order valence-corrected chi connectivity index (χ2v) is 7.70. The molecule has 5 rings (SSSR count). The number of para-hydroxylation sites is 1. The van der Waals surface area contributed by atoms with Gasteiger partial charge >= 0.3 is 28.4 Å². The Morgan fingerprint density at radius 2 is 1.66 bits per heavy atom. The van der Waals surface area contributed by atoms with E-state index < -0.39 is 0 Å². The first-order valence-electron chi connectivity index (χ1n) is 10.2. The van der Waals surface area contributed by atoms with E-state index in [1.54, 1.807) is 16.8 Å². The molecule has 0 N–H and O–H groups in total. The van der Waals surface area contributed by atoms with Crippen LogP contribution in [0.15, 0.2) is 118 Å². The van der Waals surface area contributed by atoms with Gasteiger partial charge in [0.2, 0.25) is 0 Å². The summed E-state index contributed by atoms with van der Waals surface area (Å²) in [5.41, 5.74) is 3.87. The summed E-state index contributed by atoms with van der Waals surface area (Å²) in [4.78, 5) is 26.3. The van der Waals surface area contributed by atoms with E-state index in [1.807, 2.05) is 86.6 Å². The number of nitrogens with zero attached hydrogens (tertiary/aromatic N) is 3. The average Bonchev–Trinajstić information content (AvgIpc) is 3.52. The van der Waals surface area contributed by atoms with Crippen molar-refractivity contribution in [2.45, 2.75) is 26.4 Å². The second kappa shape index (κ2) is 9.86. The fourth-order valence-electron chi connectivity index (χ4n) is 4.15. The molecule has 164 valence electrons. The van der Waals surface area contributed by atoms with Gasteiger partial charge in [-0.25, -0.2) is 41.7 Å². The van der Waals surface area contributed by atoms with Gasteiger partial charge in [0, 0.05) is 0 Å². The Morgan fingerprint density at radius 1 is 0.969 bits per heavy atom. The molecule has 4 aromatic rings. The number of hydrogen-bond acceptors (Lipinski definition) is 2. The minimum Gasteiger partial charge on any atom is -0.246 e. The summed E-state index contributed by atoms with van der Waals surface area (Å²) in [6, 6.07) is 26.5. The first-order valence-corrected chi connectivity index (χ1v) is 10.2. The number of allylic oxidation sites excluding steroid dienone is 3. The normalized spacial score (nSPS) is 14.8. The number of aromatic nitrogens is 3. The fraction of sp³-hybridized carbons (Fsp3) is 0.154. The van der Waals surface area contributed by atoms with Gasteiger partial charge in [0.15, 0.2) is 0 Å². The van der Waals surface area contributed by atoms with Crippen molar-refractivity contribution in [2.24, 2.45) is 0 Å². The standard InChI is InChI=1S/C21H20N3O2.C5H5.Fe/c1-14(2)18-15(3)13-22-20(25)23(17-11-5-4-6-12-17)21(26)24(22)19(18)16-9-7-8-10-16;1-2-4-5-3-1;/h4-12,19H,1,13H2,2-3H3;1-5H;/q2*-1;+2. The van der Waals surface area contributed by atoms with Crippen molar-refractivity contribution >= 4 is 0 Å². The van der Waals surface area contributed by atoms with Gasteiger partial charge in [-0.05, 0) is 37.1 Å². The minimum atomic E-state index is -0.346. The SMILES string of the molecule is C=C(C)C1=C(C)Cn2c(=O)n(-c3ccccc3)c(=O)n2C1c1cc[cH-]c1.[Fe+2].c1cc[cH-]c1. The van der Waals surface area contributed by atoms with E-state index in [0.29, 0.717) is 12.2 Å². The van der Waals surface area contributed by atoms with Crippen LogP contribution in [0.4, 0.5) is 0 Å². The van der Waals surface area contributed by atoms with Crippen LogP contribution in [0.1, 0.15) is 25.5 Å². The van der Waals surface area contributed by atoms with Gasteiger partial charge in [-0.1, -0.05) is 30.4 Å². The minimum absolute atomic E-state index is 0. The first-order chi connectivity index (χ1) is 15.0. The van der Waals surface area contributed by atoms with Crippen LogP contribution in [0.3, 0.4) is 0 Å². The van der Waals surface area contributed by atoms with E-state index in [-0.39, 0.29) is 34.5 Å². The molecule has 0 saturated heterocycles. The second-order valence-electron chi connectivity index (χ2n) is 7.70. The molecule has 6 heteroatoms. The topological polar surface area (TPSA) is 48.9 Å². The van der Waals surface area contributed by atoms with Gasteiger partial charge in [0.25, 0.3) is 0 Å². The Kier molecular flexibility index (Phi) is 7.18. The summed E-state index contributed by atoms with van der Waals surface area (Å²) in [5.74, 6) is 0. The Morgan fingerprint density at radius 3 is 2.19 bits per heavy atom. The number of benzene rings is 1. The van der Waals surface area contributed by atoms with Crippen LogP contribution in [0.2, 0.25) is 0 Å². The maximum atomic E-state index is 13.3. The molecule has 1 aliphatic rings. The average molecular weight is 467 g/mol. The zero-order chi connectivity index (χ0) is 22.0. The predicted octanol–water partition coefficient (Wildman–Crippen LogP) is 4.42. The Hall–Kier alpha value is -3.34. The van der Waals surface area contributed by atoms with Gasteiger partial charge in [0.1, 0.15) is 0 Å². The first kappa shape index (κ1) is 23.3. The van der Waals surface area contributed by atoms with Crippen LogP contribution in [0.25, 0.3) is 5.69 Å². The third kappa shape index (κ3) is 4.20. The molecular weight excluding hydrogens is 442 g/mol. The van der Waals surface area contributed by atoms with E-state index in [1.165, 1.54) is 9.25 Å². The summed E-state index contributed by atoms with van der Waals surface area (Å²) < 4.78 is 4.35. The summed E-state index contributed by atoms with van der Waals surface area (Å²) in [5, 5.41) is 0. The van der Waals surface area contributed by atoms with Gasteiger partial charge < -0.3 is 0 Å². The molecule has 1 unspecified atom stereocenters. The summed E-state index contributed by atoms with van der Waals surface area (Å²) in [6.07, 6.45) is 0. The largest absolute Gasteiger partial charge is 2.00 e. The molecule has 1 aliphatic heterocycles. The predicted molar refractivity (Wildman–Crippen MR) is 124 cm³/mol. The van der Waals surface area contributed by atoms with Crippen molar-refractivity contribution in [1.29, 1.82) is 0 Å². The van der Waals surface area contributed by atoms with Crippen molar-refractivity contribution in [3.63, 3.8) is 0 Å². The molecule has 0 spiro atoms. The van der Waals surface area contributed by atoms with Crippen LogP contribution in [0.5, 0.6) is 0 Å². The quantitative estimate of drug-likeness (QED) is 0.331. The molecule has 32 heavy (non-hydrogen) atoms. The smallest absolute Gasteiger partial charge is 0.246 e. The molecule has 1 aromatic heterocycles. The van der Waals surface area contributed by atoms with Crippen LogP contribution in [0, 0.1) is 0 Å².